The molecule has 0 unspecified atom stereocenters. The molecule has 152 valence electrons. The minimum Gasteiger partial charge on any atom is -0.452 e. The Labute approximate surface area is 174 Å². The SMILES string of the molecule is CC[C@H](C)n1nccc1NC(=O)[C@H](C)OC(=O)CSc1ccc2ccccc2c1. The van der Waals surface area contributed by atoms with Crippen LogP contribution in [0.15, 0.2) is 59.6 Å². The van der Waals surface area contributed by atoms with Crippen molar-refractivity contribution in [3.8, 4) is 0 Å². The predicted octanol–water partition coefficient (Wildman–Crippen LogP) is 4.67. The van der Waals surface area contributed by atoms with Crippen LogP contribution in [0.1, 0.15) is 33.2 Å². The van der Waals surface area contributed by atoms with Gasteiger partial charge in [0.05, 0.1) is 18.0 Å². The number of fused-ring (bicyclic) bond motifs is 1. The normalized spacial score (nSPS) is 13.1. The van der Waals surface area contributed by atoms with Crippen molar-refractivity contribution in [3.63, 3.8) is 0 Å². The van der Waals surface area contributed by atoms with E-state index in [9.17, 15) is 9.59 Å². The molecule has 0 aliphatic carbocycles. The maximum absolute atomic E-state index is 12.4. The summed E-state index contributed by atoms with van der Waals surface area (Å²) in [5.74, 6) is -0.0704. The number of carbonyl (C=O) groups excluding carboxylic acids is 2. The van der Waals surface area contributed by atoms with E-state index < -0.39 is 12.1 Å². The van der Waals surface area contributed by atoms with E-state index in [1.54, 1.807) is 23.9 Å². The first-order valence-corrected chi connectivity index (χ1v) is 10.6. The lowest BCUT2D eigenvalue weighted by Gasteiger charge is -2.17. The quantitative estimate of drug-likeness (QED) is 0.431. The van der Waals surface area contributed by atoms with E-state index in [-0.39, 0.29) is 17.7 Å². The lowest BCUT2D eigenvalue weighted by Crippen LogP contribution is -2.31. The van der Waals surface area contributed by atoms with Gasteiger partial charge in [-0.05, 0) is 43.2 Å². The molecule has 7 heteroatoms. The first kappa shape index (κ1) is 20.9. The van der Waals surface area contributed by atoms with Gasteiger partial charge in [-0.1, -0.05) is 37.3 Å². The molecule has 0 saturated carbocycles. The number of anilines is 1. The summed E-state index contributed by atoms with van der Waals surface area (Å²) in [6.07, 6.45) is 1.64. The molecule has 2 aromatic carbocycles. The zero-order valence-electron chi connectivity index (χ0n) is 16.8. The molecule has 1 aromatic heterocycles. The lowest BCUT2D eigenvalue weighted by atomic mass is 10.1. The number of thioether (sulfide) groups is 1. The average Bonchev–Trinajstić information content (AvgIpc) is 3.19. The van der Waals surface area contributed by atoms with E-state index in [0.29, 0.717) is 5.82 Å². The van der Waals surface area contributed by atoms with Crippen LogP contribution in [0.5, 0.6) is 0 Å². The van der Waals surface area contributed by atoms with Crippen molar-refractivity contribution < 1.29 is 14.3 Å². The summed E-state index contributed by atoms with van der Waals surface area (Å²) < 4.78 is 7.05. The number of esters is 1. The summed E-state index contributed by atoms with van der Waals surface area (Å²) >= 11 is 1.39. The van der Waals surface area contributed by atoms with Crippen LogP contribution in [0.4, 0.5) is 5.82 Å². The summed E-state index contributed by atoms with van der Waals surface area (Å²) in [5, 5.41) is 9.29. The van der Waals surface area contributed by atoms with Crippen molar-refractivity contribution in [1.29, 1.82) is 0 Å². The smallest absolute Gasteiger partial charge is 0.317 e. The molecule has 0 spiro atoms. The van der Waals surface area contributed by atoms with E-state index in [4.69, 9.17) is 4.74 Å². The zero-order chi connectivity index (χ0) is 20.8. The molecule has 0 aliphatic rings. The molecule has 2 atom stereocenters. The van der Waals surface area contributed by atoms with Crippen molar-refractivity contribution in [2.75, 3.05) is 11.1 Å². The molecule has 1 amide bonds. The van der Waals surface area contributed by atoms with Crippen LogP contribution in [0.2, 0.25) is 0 Å². The van der Waals surface area contributed by atoms with Crippen LogP contribution in [-0.4, -0.2) is 33.5 Å². The number of amides is 1. The molecule has 0 bridgehead atoms. The average molecular weight is 412 g/mol. The topological polar surface area (TPSA) is 73.2 Å². The van der Waals surface area contributed by atoms with E-state index in [1.165, 1.54) is 11.8 Å². The van der Waals surface area contributed by atoms with Crippen molar-refractivity contribution in [1.82, 2.24) is 9.78 Å². The molecule has 0 fully saturated rings. The van der Waals surface area contributed by atoms with E-state index >= 15 is 0 Å². The number of aromatic nitrogens is 2. The molecule has 1 heterocycles. The monoisotopic (exact) mass is 411 g/mol. The highest BCUT2D eigenvalue weighted by Crippen LogP contribution is 2.24. The van der Waals surface area contributed by atoms with Gasteiger partial charge in [0.25, 0.3) is 5.91 Å². The van der Waals surface area contributed by atoms with Gasteiger partial charge >= 0.3 is 5.97 Å². The largest absolute Gasteiger partial charge is 0.452 e. The van der Waals surface area contributed by atoms with Crippen molar-refractivity contribution in [2.24, 2.45) is 0 Å². The molecule has 0 aliphatic heterocycles. The van der Waals surface area contributed by atoms with Crippen molar-refractivity contribution >= 4 is 40.2 Å². The molecule has 3 aromatic rings. The predicted molar refractivity (Wildman–Crippen MR) is 116 cm³/mol. The van der Waals surface area contributed by atoms with E-state index in [1.807, 2.05) is 49.4 Å². The number of nitrogens with one attached hydrogen (secondary N) is 1. The fourth-order valence-electron chi connectivity index (χ4n) is 2.85. The third kappa shape index (κ3) is 5.38. The lowest BCUT2D eigenvalue weighted by molar-refractivity contribution is -0.150. The second-order valence-electron chi connectivity index (χ2n) is 6.84. The number of hydrogen-bond acceptors (Lipinski definition) is 5. The first-order valence-electron chi connectivity index (χ1n) is 9.63. The van der Waals surface area contributed by atoms with Gasteiger partial charge in [-0.2, -0.15) is 5.10 Å². The van der Waals surface area contributed by atoms with Crippen LogP contribution in [-0.2, 0) is 14.3 Å². The van der Waals surface area contributed by atoms with Gasteiger partial charge in [-0.25, -0.2) is 4.68 Å². The highest BCUT2D eigenvalue weighted by Gasteiger charge is 2.20. The number of rotatable bonds is 8. The fourth-order valence-corrected chi connectivity index (χ4v) is 3.58. The third-order valence-corrected chi connectivity index (χ3v) is 5.65. The van der Waals surface area contributed by atoms with Crippen LogP contribution in [0.3, 0.4) is 0 Å². The molecule has 0 radical (unpaired) electrons. The third-order valence-electron chi connectivity index (χ3n) is 4.68. The second kappa shape index (κ2) is 9.60. The van der Waals surface area contributed by atoms with Crippen LogP contribution >= 0.6 is 11.8 Å². The van der Waals surface area contributed by atoms with E-state index in [0.717, 1.165) is 22.1 Å². The summed E-state index contributed by atoms with van der Waals surface area (Å²) in [6, 6.07) is 16.0. The number of carbonyl (C=O) groups is 2. The van der Waals surface area contributed by atoms with Crippen LogP contribution in [0, 0.1) is 0 Å². The highest BCUT2D eigenvalue weighted by atomic mass is 32.2. The molecular weight excluding hydrogens is 386 g/mol. The van der Waals surface area contributed by atoms with Crippen molar-refractivity contribution in [3.05, 3.63) is 54.7 Å². The summed E-state index contributed by atoms with van der Waals surface area (Å²) in [7, 11) is 0. The number of benzene rings is 2. The minimum atomic E-state index is -0.889. The summed E-state index contributed by atoms with van der Waals surface area (Å²) in [4.78, 5) is 25.6. The first-order chi connectivity index (χ1) is 14.0. The Hall–Kier alpha value is -2.80. The van der Waals surface area contributed by atoms with Gasteiger partial charge in [0.1, 0.15) is 5.82 Å². The standard InChI is InChI=1S/C22H25N3O3S/c1-4-15(2)25-20(11-12-23-25)24-22(27)16(3)28-21(26)14-29-19-10-9-17-7-5-6-8-18(17)13-19/h5-13,15-16H,4,14H2,1-3H3,(H,24,27)/t15-,16-/m0/s1. The second-order valence-corrected chi connectivity index (χ2v) is 7.89. The Bertz CT molecular complexity index is 1000. The zero-order valence-corrected chi connectivity index (χ0v) is 17.6. The number of nitrogens with zero attached hydrogens (tertiary/aromatic N) is 2. The molecule has 6 nitrogen and oxygen atoms in total. The molecule has 3 rings (SSSR count). The Morgan fingerprint density at radius 2 is 1.90 bits per heavy atom. The fraction of sp³-hybridized carbons (Fsp3) is 0.318. The van der Waals surface area contributed by atoms with Gasteiger partial charge in [0.2, 0.25) is 0 Å². The Morgan fingerprint density at radius 1 is 1.14 bits per heavy atom. The highest BCUT2D eigenvalue weighted by molar-refractivity contribution is 8.00. The Morgan fingerprint density at radius 3 is 2.66 bits per heavy atom. The number of ether oxygens (including phenoxy) is 1. The van der Waals surface area contributed by atoms with E-state index in [2.05, 4.69) is 17.3 Å². The van der Waals surface area contributed by atoms with Gasteiger partial charge in [-0.3, -0.25) is 9.59 Å². The molecule has 29 heavy (non-hydrogen) atoms. The Kier molecular flexibility index (Phi) is 6.93. The van der Waals surface area contributed by atoms with Crippen LogP contribution < -0.4 is 5.32 Å². The summed E-state index contributed by atoms with van der Waals surface area (Å²) in [5.41, 5.74) is 0. The maximum atomic E-state index is 12.4. The van der Waals surface area contributed by atoms with Gasteiger partial charge in [0, 0.05) is 11.0 Å². The molecular formula is C22H25N3O3S. The molecule has 0 saturated heterocycles. The van der Waals surface area contributed by atoms with Gasteiger partial charge < -0.3 is 10.1 Å². The van der Waals surface area contributed by atoms with Gasteiger partial charge in [-0.15, -0.1) is 11.8 Å². The number of hydrogen-bond donors (Lipinski definition) is 1. The van der Waals surface area contributed by atoms with Crippen LogP contribution in [0.25, 0.3) is 10.8 Å². The maximum Gasteiger partial charge on any atom is 0.317 e. The van der Waals surface area contributed by atoms with Gasteiger partial charge in [0.15, 0.2) is 6.10 Å². The molecule has 1 N–H and O–H groups in total. The Balaban J connectivity index is 1.51. The summed E-state index contributed by atoms with van der Waals surface area (Å²) in [6.45, 7) is 5.64. The minimum absolute atomic E-state index is 0.140. The van der Waals surface area contributed by atoms with Crippen molar-refractivity contribution in [2.45, 2.75) is 44.2 Å².